The highest BCUT2D eigenvalue weighted by molar-refractivity contribution is 5.99. The number of Topliss-reactive ketones (excluding diaryl/α,β-unsaturated/α-hetero) is 1. The van der Waals surface area contributed by atoms with E-state index in [9.17, 15) is 9.59 Å². The van der Waals surface area contributed by atoms with E-state index in [2.05, 4.69) is 5.10 Å². The van der Waals surface area contributed by atoms with Gasteiger partial charge in [0, 0.05) is 23.7 Å². The average Bonchev–Trinajstić information content (AvgIpc) is 2.96. The molecule has 114 valence electrons. The lowest BCUT2D eigenvalue weighted by Gasteiger charge is -2.15. The van der Waals surface area contributed by atoms with Crippen molar-refractivity contribution >= 4 is 11.8 Å². The van der Waals surface area contributed by atoms with E-state index in [1.807, 2.05) is 18.2 Å². The van der Waals surface area contributed by atoms with Gasteiger partial charge in [0.05, 0.1) is 12.8 Å². The zero-order valence-corrected chi connectivity index (χ0v) is 12.5. The van der Waals surface area contributed by atoms with Crippen LogP contribution in [0.1, 0.15) is 35.7 Å². The Labute approximate surface area is 128 Å². The fraction of sp³-hybridized carbons (Fsp3) is 0.353. The Hall–Kier alpha value is -2.43. The molecule has 0 fully saturated rings. The van der Waals surface area contributed by atoms with Crippen molar-refractivity contribution in [3.63, 3.8) is 0 Å². The number of aryl methyl sites for hydroxylation is 1. The Morgan fingerprint density at radius 2 is 2.18 bits per heavy atom. The molecule has 0 radical (unpaired) electrons. The first kappa shape index (κ1) is 14.5. The molecule has 0 amide bonds. The molecule has 1 aliphatic carbocycles. The highest BCUT2D eigenvalue weighted by Gasteiger charge is 2.18. The van der Waals surface area contributed by atoms with Gasteiger partial charge >= 0.3 is 5.97 Å². The SMILES string of the molecule is CCOC(=O)Cn1cc(-c2ccc3c(c2)C(=O)CCC3)cn1. The van der Waals surface area contributed by atoms with Gasteiger partial charge in [0.15, 0.2) is 5.78 Å². The molecule has 1 aliphatic rings. The number of ketones is 1. The number of benzene rings is 1. The average molecular weight is 298 g/mol. The predicted octanol–water partition coefficient (Wildman–Crippen LogP) is 2.63. The van der Waals surface area contributed by atoms with Crippen LogP contribution in [0, 0.1) is 0 Å². The third-order valence-electron chi connectivity index (χ3n) is 3.82. The molecule has 1 aromatic heterocycles. The molecule has 5 nitrogen and oxygen atoms in total. The van der Waals surface area contributed by atoms with Crippen molar-refractivity contribution in [1.29, 1.82) is 0 Å². The van der Waals surface area contributed by atoms with E-state index in [4.69, 9.17) is 4.74 Å². The van der Waals surface area contributed by atoms with Gasteiger partial charge in [0.2, 0.25) is 0 Å². The Morgan fingerprint density at radius 1 is 1.32 bits per heavy atom. The molecule has 0 saturated heterocycles. The van der Waals surface area contributed by atoms with Crippen LogP contribution in [0.3, 0.4) is 0 Å². The lowest BCUT2D eigenvalue weighted by Crippen LogP contribution is -2.13. The van der Waals surface area contributed by atoms with Crippen LogP contribution in [-0.2, 0) is 22.5 Å². The van der Waals surface area contributed by atoms with Crippen LogP contribution in [0.25, 0.3) is 11.1 Å². The van der Waals surface area contributed by atoms with Gasteiger partial charge in [-0.05, 0) is 37.0 Å². The molecule has 5 heteroatoms. The second kappa shape index (κ2) is 6.13. The van der Waals surface area contributed by atoms with Crippen molar-refractivity contribution in [2.45, 2.75) is 32.7 Å². The van der Waals surface area contributed by atoms with E-state index in [0.29, 0.717) is 13.0 Å². The van der Waals surface area contributed by atoms with Gasteiger partial charge in [0.25, 0.3) is 0 Å². The third kappa shape index (κ3) is 2.93. The molecule has 0 atom stereocenters. The molecular formula is C17H18N2O3. The van der Waals surface area contributed by atoms with E-state index in [-0.39, 0.29) is 18.3 Å². The normalized spacial score (nSPS) is 13.8. The van der Waals surface area contributed by atoms with Crippen LogP contribution in [-0.4, -0.2) is 28.1 Å². The first-order chi connectivity index (χ1) is 10.7. The lowest BCUT2D eigenvalue weighted by molar-refractivity contribution is -0.144. The minimum absolute atomic E-state index is 0.0950. The van der Waals surface area contributed by atoms with Crippen molar-refractivity contribution in [3.8, 4) is 11.1 Å². The van der Waals surface area contributed by atoms with E-state index in [1.165, 1.54) is 0 Å². The number of carbonyl (C=O) groups excluding carboxylic acids is 2. The van der Waals surface area contributed by atoms with Gasteiger partial charge < -0.3 is 4.74 Å². The minimum atomic E-state index is -0.308. The highest BCUT2D eigenvalue weighted by Crippen LogP contribution is 2.27. The molecule has 3 rings (SSSR count). The summed E-state index contributed by atoms with van der Waals surface area (Å²) in [5.74, 6) is -0.0974. The number of carbonyl (C=O) groups is 2. The van der Waals surface area contributed by atoms with Gasteiger partial charge in [-0.15, -0.1) is 0 Å². The third-order valence-corrected chi connectivity index (χ3v) is 3.82. The molecule has 0 aliphatic heterocycles. The molecule has 0 N–H and O–H groups in total. The second-order valence-corrected chi connectivity index (χ2v) is 5.38. The number of ether oxygens (including phenoxy) is 1. The van der Waals surface area contributed by atoms with Gasteiger partial charge in [-0.3, -0.25) is 14.3 Å². The number of hydrogen-bond donors (Lipinski definition) is 0. The minimum Gasteiger partial charge on any atom is -0.465 e. The molecule has 0 spiro atoms. The van der Waals surface area contributed by atoms with Crippen LogP contribution >= 0.6 is 0 Å². The van der Waals surface area contributed by atoms with Crippen molar-refractivity contribution < 1.29 is 14.3 Å². The number of nitrogens with zero attached hydrogens (tertiary/aromatic N) is 2. The Bertz CT molecular complexity index is 718. The van der Waals surface area contributed by atoms with E-state index in [0.717, 1.165) is 35.1 Å². The van der Waals surface area contributed by atoms with Gasteiger partial charge in [-0.1, -0.05) is 12.1 Å². The second-order valence-electron chi connectivity index (χ2n) is 5.38. The Balaban J connectivity index is 1.83. The number of fused-ring (bicyclic) bond motifs is 1. The standard InChI is InChI=1S/C17H18N2O3/c1-2-22-17(21)11-19-10-14(9-18-19)13-7-6-12-4-3-5-16(20)15(12)8-13/h6-10H,2-5,11H2,1H3. The van der Waals surface area contributed by atoms with Crippen molar-refractivity contribution in [1.82, 2.24) is 9.78 Å². The summed E-state index contributed by atoms with van der Waals surface area (Å²) in [6.07, 6.45) is 6.02. The smallest absolute Gasteiger partial charge is 0.327 e. The summed E-state index contributed by atoms with van der Waals surface area (Å²) in [4.78, 5) is 23.5. The number of hydrogen-bond acceptors (Lipinski definition) is 4. The van der Waals surface area contributed by atoms with Crippen LogP contribution < -0.4 is 0 Å². The van der Waals surface area contributed by atoms with Crippen LogP contribution in [0.2, 0.25) is 0 Å². The zero-order valence-electron chi connectivity index (χ0n) is 12.5. The Morgan fingerprint density at radius 3 is 3.00 bits per heavy atom. The topological polar surface area (TPSA) is 61.2 Å². The fourth-order valence-corrected chi connectivity index (χ4v) is 2.75. The number of rotatable bonds is 4. The maximum Gasteiger partial charge on any atom is 0.327 e. The first-order valence-electron chi connectivity index (χ1n) is 7.52. The lowest BCUT2D eigenvalue weighted by atomic mass is 9.88. The molecule has 0 unspecified atom stereocenters. The summed E-state index contributed by atoms with van der Waals surface area (Å²) >= 11 is 0. The van der Waals surface area contributed by atoms with Crippen molar-refractivity contribution in [2.24, 2.45) is 0 Å². The first-order valence-corrected chi connectivity index (χ1v) is 7.52. The predicted molar refractivity (Wildman–Crippen MR) is 81.6 cm³/mol. The van der Waals surface area contributed by atoms with Gasteiger partial charge in [0.1, 0.15) is 6.54 Å². The molecule has 0 bridgehead atoms. The Kier molecular flexibility index (Phi) is 4.04. The highest BCUT2D eigenvalue weighted by atomic mass is 16.5. The van der Waals surface area contributed by atoms with Crippen LogP contribution in [0.4, 0.5) is 0 Å². The van der Waals surface area contributed by atoms with Crippen molar-refractivity contribution in [2.75, 3.05) is 6.61 Å². The van der Waals surface area contributed by atoms with Crippen LogP contribution in [0.5, 0.6) is 0 Å². The summed E-state index contributed by atoms with van der Waals surface area (Å²) in [7, 11) is 0. The molecule has 1 heterocycles. The van der Waals surface area contributed by atoms with Gasteiger partial charge in [-0.25, -0.2) is 0 Å². The summed E-state index contributed by atoms with van der Waals surface area (Å²) < 4.78 is 6.46. The monoisotopic (exact) mass is 298 g/mol. The van der Waals surface area contributed by atoms with Crippen molar-refractivity contribution in [3.05, 3.63) is 41.7 Å². The van der Waals surface area contributed by atoms with Gasteiger partial charge in [-0.2, -0.15) is 5.10 Å². The summed E-state index contributed by atoms with van der Waals surface area (Å²) in [6, 6.07) is 5.95. The number of aromatic nitrogens is 2. The maximum atomic E-state index is 12.0. The zero-order chi connectivity index (χ0) is 15.5. The largest absolute Gasteiger partial charge is 0.465 e. The molecule has 1 aromatic carbocycles. The van der Waals surface area contributed by atoms with Crippen LogP contribution in [0.15, 0.2) is 30.6 Å². The summed E-state index contributed by atoms with van der Waals surface area (Å²) in [5, 5.41) is 4.18. The van der Waals surface area contributed by atoms with E-state index >= 15 is 0 Å². The molecular weight excluding hydrogens is 280 g/mol. The molecule has 2 aromatic rings. The van der Waals surface area contributed by atoms with E-state index in [1.54, 1.807) is 24.0 Å². The molecule has 0 saturated carbocycles. The summed E-state index contributed by atoms with van der Waals surface area (Å²) in [5.41, 5.74) is 3.79. The molecule has 22 heavy (non-hydrogen) atoms. The van der Waals surface area contributed by atoms with E-state index < -0.39 is 0 Å². The fourth-order valence-electron chi connectivity index (χ4n) is 2.75. The number of esters is 1. The quantitative estimate of drug-likeness (QED) is 0.814. The maximum absolute atomic E-state index is 12.0. The summed E-state index contributed by atoms with van der Waals surface area (Å²) in [6.45, 7) is 2.23.